The molecule has 1 heterocycles. The van der Waals surface area contributed by atoms with Crippen molar-refractivity contribution in [1.82, 2.24) is 15.3 Å². The van der Waals surface area contributed by atoms with Gasteiger partial charge in [-0.05, 0) is 6.07 Å². The fraction of sp³-hybridized carbons (Fsp3) is 0.500. The Hall–Kier alpha value is -1.40. The molecule has 0 unspecified atom stereocenters. The first kappa shape index (κ1) is 10.7. The number of aryl methyl sites for hydroxylation is 1. The molecule has 1 amide bonds. The van der Waals surface area contributed by atoms with Crippen LogP contribution in [-0.2, 0) is 16.6 Å². The topological polar surface area (TPSA) is 65.4 Å². The minimum absolute atomic E-state index is 0.318. The first-order valence-electron chi connectivity index (χ1n) is 4.14. The Kier molecular flexibility index (Phi) is 4.09. The van der Waals surface area contributed by atoms with Crippen LogP contribution in [0, 0.1) is 0 Å². The monoisotopic (exact) mass is 199 g/mol. The Morgan fingerprint density at radius 3 is 3.00 bits per heavy atom. The minimum atomic E-state index is -0.318. The van der Waals surface area contributed by atoms with Crippen LogP contribution in [0.2, 0.25) is 0 Å². The first-order chi connectivity index (χ1) is 6.75. The van der Waals surface area contributed by atoms with Crippen molar-refractivity contribution in [2.75, 3.05) is 20.3 Å². The van der Waals surface area contributed by atoms with E-state index in [2.05, 4.69) is 10.6 Å². The minimum Gasteiger partial charge on any atom is -0.382 e. The van der Waals surface area contributed by atoms with E-state index in [4.69, 9.17) is 9.57 Å². The normalized spacial score (nSPS) is 10.1. The summed E-state index contributed by atoms with van der Waals surface area (Å²) >= 11 is 0. The number of nitrogens with zero attached hydrogens (tertiary/aromatic N) is 2. The summed E-state index contributed by atoms with van der Waals surface area (Å²) in [4.78, 5) is 16.2. The number of ether oxygens (including phenoxy) is 1. The number of methoxy groups -OCH3 is 1. The van der Waals surface area contributed by atoms with Gasteiger partial charge < -0.3 is 4.74 Å². The Labute approximate surface area is 81.8 Å². The highest BCUT2D eigenvalue weighted by molar-refractivity contribution is 5.91. The lowest BCUT2D eigenvalue weighted by Gasteiger charge is -2.04. The summed E-state index contributed by atoms with van der Waals surface area (Å²) in [6.45, 7) is 0.756. The van der Waals surface area contributed by atoms with Gasteiger partial charge in [0.25, 0.3) is 5.91 Å². The molecular formula is C8H13N3O3. The molecule has 0 aliphatic heterocycles. The molecule has 0 radical (unpaired) electrons. The molecule has 6 heteroatoms. The molecule has 0 saturated carbocycles. The SMILES string of the molecule is COCCONC(=O)c1ccnn1C. The van der Waals surface area contributed by atoms with Crippen LogP contribution in [0.3, 0.4) is 0 Å². The van der Waals surface area contributed by atoms with E-state index in [1.807, 2.05) is 0 Å². The zero-order valence-corrected chi connectivity index (χ0v) is 8.19. The van der Waals surface area contributed by atoms with Crippen LogP contribution in [-0.4, -0.2) is 36.0 Å². The van der Waals surface area contributed by atoms with Gasteiger partial charge >= 0.3 is 0 Å². The molecule has 0 bridgehead atoms. The highest BCUT2D eigenvalue weighted by Crippen LogP contribution is 1.94. The third-order valence-electron chi connectivity index (χ3n) is 1.61. The van der Waals surface area contributed by atoms with E-state index in [0.717, 1.165) is 0 Å². The maximum Gasteiger partial charge on any atom is 0.293 e. The lowest BCUT2D eigenvalue weighted by Crippen LogP contribution is -2.27. The lowest BCUT2D eigenvalue weighted by atomic mass is 10.4. The Balaban J connectivity index is 2.32. The Morgan fingerprint density at radius 2 is 2.43 bits per heavy atom. The van der Waals surface area contributed by atoms with Crippen molar-refractivity contribution in [2.45, 2.75) is 0 Å². The largest absolute Gasteiger partial charge is 0.382 e. The summed E-state index contributed by atoms with van der Waals surface area (Å²) < 4.78 is 6.21. The second-order valence-corrected chi connectivity index (χ2v) is 2.61. The predicted octanol–water partition coefficient (Wildman–Crippen LogP) is -0.272. The van der Waals surface area contributed by atoms with Gasteiger partial charge in [0.1, 0.15) is 5.69 Å². The molecule has 0 aliphatic rings. The Bertz CT molecular complexity index is 298. The van der Waals surface area contributed by atoms with Crippen LogP contribution in [0.25, 0.3) is 0 Å². The molecule has 1 rings (SSSR count). The highest BCUT2D eigenvalue weighted by atomic mass is 16.7. The van der Waals surface area contributed by atoms with E-state index >= 15 is 0 Å². The van der Waals surface area contributed by atoms with Crippen molar-refractivity contribution in [1.29, 1.82) is 0 Å². The number of rotatable bonds is 5. The standard InChI is InChI=1S/C8H13N3O3/c1-11-7(3-4-9-11)8(12)10-14-6-5-13-2/h3-4H,5-6H2,1-2H3,(H,10,12). The van der Waals surface area contributed by atoms with Crippen molar-refractivity contribution >= 4 is 5.91 Å². The van der Waals surface area contributed by atoms with Crippen molar-refractivity contribution in [2.24, 2.45) is 7.05 Å². The fourth-order valence-corrected chi connectivity index (χ4v) is 0.891. The molecule has 0 saturated heterocycles. The molecular weight excluding hydrogens is 186 g/mol. The fourth-order valence-electron chi connectivity index (χ4n) is 0.891. The number of carbonyl (C=O) groups is 1. The van der Waals surface area contributed by atoms with E-state index in [1.54, 1.807) is 26.4 Å². The molecule has 6 nitrogen and oxygen atoms in total. The van der Waals surface area contributed by atoms with E-state index in [-0.39, 0.29) is 5.91 Å². The first-order valence-corrected chi connectivity index (χ1v) is 4.14. The van der Waals surface area contributed by atoms with E-state index in [0.29, 0.717) is 18.9 Å². The number of amides is 1. The highest BCUT2D eigenvalue weighted by Gasteiger charge is 2.08. The number of hydrogen-bond acceptors (Lipinski definition) is 4. The summed E-state index contributed by atoms with van der Waals surface area (Å²) in [7, 11) is 3.25. The second-order valence-electron chi connectivity index (χ2n) is 2.61. The molecule has 0 atom stereocenters. The molecule has 0 aliphatic carbocycles. The van der Waals surface area contributed by atoms with Crippen LogP contribution >= 0.6 is 0 Å². The van der Waals surface area contributed by atoms with Crippen molar-refractivity contribution < 1.29 is 14.4 Å². The molecule has 1 aromatic heterocycles. The van der Waals surface area contributed by atoms with Gasteiger partial charge in [0.2, 0.25) is 0 Å². The van der Waals surface area contributed by atoms with Gasteiger partial charge in [0.05, 0.1) is 13.2 Å². The van der Waals surface area contributed by atoms with Crippen molar-refractivity contribution in [3.05, 3.63) is 18.0 Å². The predicted molar refractivity (Wildman–Crippen MR) is 48.5 cm³/mol. The number of hydroxylamine groups is 1. The van der Waals surface area contributed by atoms with Crippen LogP contribution in [0.4, 0.5) is 0 Å². The molecule has 0 spiro atoms. The molecule has 0 aromatic carbocycles. The molecule has 78 valence electrons. The van der Waals surface area contributed by atoms with Gasteiger partial charge in [0, 0.05) is 20.4 Å². The third-order valence-corrected chi connectivity index (χ3v) is 1.61. The van der Waals surface area contributed by atoms with Crippen LogP contribution in [0.1, 0.15) is 10.5 Å². The number of hydrogen-bond donors (Lipinski definition) is 1. The molecule has 0 fully saturated rings. The van der Waals surface area contributed by atoms with Gasteiger partial charge in [-0.3, -0.25) is 14.3 Å². The van der Waals surface area contributed by atoms with Crippen LogP contribution in [0.5, 0.6) is 0 Å². The number of carbonyl (C=O) groups excluding carboxylic acids is 1. The summed E-state index contributed by atoms with van der Waals surface area (Å²) in [6.07, 6.45) is 1.55. The summed E-state index contributed by atoms with van der Waals surface area (Å²) in [6, 6.07) is 1.61. The van der Waals surface area contributed by atoms with Crippen molar-refractivity contribution in [3.63, 3.8) is 0 Å². The quantitative estimate of drug-likeness (QED) is 0.523. The van der Waals surface area contributed by atoms with Gasteiger partial charge in [-0.2, -0.15) is 5.10 Å². The second kappa shape index (κ2) is 5.36. The maximum atomic E-state index is 11.4. The van der Waals surface area contributed by atoms with Gasteiger partial charge in [0.15, 0.2) is 0 Å². The smallest absolute Gasteiger partial charge is 0.293 e. The molecule has 14 heavy (non-hydrogen) atoms. The van der Waals surface area contributed by atoms with Gasteiger partial charge in [-0.15, -0.1) is 0 Å². The van der Waals surface area contributed by atoms with Gasteiger partial charge in [-0.1, -0.05) is 0 Å². The number of aromatic nitrogens is 2. The third kappa shape index (κ3) is 2.82. The van der Waals surface area contributed by atoms with E-state index in [9.17, 15) is 4.79 Å². The van der Waals surface area contributed by atoms with Crippen LogP contribution in [0.15, 0.2) is 12.3 Å². The summed E-state index contributed by atoms with van der Waals surface area (Å²) in [5.74, 6) is -0.318. The van der Waals surface area contributed by atoms with E-state index < -0.39 is 0 Å². The average molecular weight is 199 g/mol. The zero-order chi connectivity index (χ0) is 10.4. The Morgan fingerprint density at radius 1 is 1.64 bits per heavy atom. The summed E-state index contributed by atoms with van der Waals surface area (Å²) in [5.41, 5.74) is 2.73. The number of nitrogens with one attached hydrogen (secondary N) is 1. The summed E-state index contributed by atoms with van der Waals surface area (Å²) in [5, 5.41) is 3.86. The van der Waals surface area contributed by atoms with E-state index in [1.165, 1.54) is 4.68 Å². The maximum absolute atomic E-state index is 11.4. The lowest BCUT2D eigenvalue weighted by molar-refractivity contribution is 0.00832. The van der Waals surface area contributed by atoms with Crippen LogP contribution < -0.4 is 5.48 Å². The molecule has 1 N–H and O–H groups in total. The molecule has 1 aromatic rings. The average Bonchev–Trinajstić information content (AvgIpc) is 2.59. The van der Waals surface area contributed by atoms with Crippen molar-refractivity contribution in [3.8, 4) is 0 Å². The zero-order valence-electron chi connectivity index (χ0n) is 8.19. The van der Waals surface area contributed by atoms with Gasteiger partial charge in [-0.25, -0.2) is 5.48 Å².